The number of hydrogen-bond acceptors (Lipinski definition) is 5. The fourth-order valence-corrected chi connectivity index (χ4v) is 5.32. The lowest BCUT2D eigenvalue weighted by Gasteiger charge is -2.36. The monoisotopic (exact) mass is 476 g/mol. The van der Waals surface area contributed by atoms with E-state index in [1.807, 2.05) is 24.3 Å². The molecule has 0 saturated carbocycles. The van der Waals surface area contributed by atoms with Gasteiger partial charge in [0.25, 0.3) is 0 Å². The van der Waals surface area contributed by atoms with E-state index in [0.29, 0.717) is 49.7 Å². The largest absolute Gasteiger partial charge is 0.368 e. The van der Waals surface area contributed by atoms with Gasteiger partial charge in [-0.3, -0.25) is 9.59 Å². The van der Waals surface area contributed by atoms with Gasteiger partial charge < -0.3 is 15.1 Å². The zero-order valence-corrected chi connectivity index (χ0v) is 19.3. The molecule has 0 aliphatic carbocycles. The molecule has 170 valence electrons. The van der Waals surface area contributed by atoms with Crippen LogP contribution < -0.4 is 10.2 Å². The van der Waals surface area contributed by atoms with E-state index < -0.39 is 10.0 Å². The van der Waals surface area contributed by atoms with Crippen molar-refractivity contribution >= 4 is 44.8 Å². The predicted octanol–water partition coefficient (Wildman–Crippen LogP) is 2.19. The number of halogens is 1. The fourth-order valence-electron chi connectivity index (χ4n) is 3.96. The first-order valence-electron chi connectivity index (χ1n) is 10.4. The van der Waals surface area contributed by atoms with Gasteiger partial charge in [-0.15, -0.1) is 0 Å². The van der Waals surface area contributed by atoms with Crippen molar-refractivity contribution in [2.24, 2.45) is 0 Å². The normalized spacial score (nSPS) is 16.7. The van der Waals surface area contributed by atoms with Crippen LogP contribution in [0.4, 0.5) is 11.4 Å². The number of sulfonamides is 1. The van der Waals surface area contributed by atoms with Gasteiger partial charge in [0, 0.05) is 56.0 Å². The molecule has 0 unspecified atom stereocenters. The Morgan fingerprint density at radius 3 is 2.56 bits per heavy atom. The van der Waals surface area contributed by atoms with Gasteiger partial charge >= 0.3 is 0 Å². The number of amides is 2. The number of piperazine rings is 1. The van der Waals surface area contributed by atoms with E-state index in [1.54, 1.807) is 17.0 Å². The number of carbonyl (C=O) groups excluding carboxylic acids is 2. The molecule has 2 amide bonds. The lowest BCUT2D eigenvalue weighted by atomic mass is 10.0. The second-order valence-electron chi connectivity index (χ2n) is 7.98. The Hall–Kier alpha value is -2.62. The van der Waals surface area contributed by atoms with Crippen LogP contribution in [0.2, 0.25) is 5.02 Å². The van der Waals surface area contributed by atoms with Crippen LogP contribution in [0, 0.1) is 0 Å². The summed E-state index contributed by atoms with van der Waals surface area (Å²) >= 11 is 6.07. The van der Waals surface area contributed by atoms with Crippen molar-refractivity contribution in [1.82, 2.24) is 9.21 Å². The van der Waals surface area contributed by atoms with Gasteiger partial charge in [0.1, 0.15) is 0 Å². The molecule has 2 aromatic carbocycles. The third kappa shape index (κ3) is 4.74. The van der Waals surface area contributed by atoms with E-state index in [9.17, 15) is 18.0 Å². The second-order valence-corrected chi connectivity index (χ2v) is 10.5. The second kappa shape index (κ2) is 9.09. The molecule has 4 rings (SSSR count). The van der Waals surface area contributed by atoms with Crippen molar-refractivity contribution in [3.05, 3.63) is 53.1 Å². The average Bonchev–Trinajstić information content (AvgIpc) is 2.78. The molecule has 2 aromatic rings. The Bertz CT molecular complexity index is 1150. The summed E-state index contributed by atoms with van der Waals surface area (Å²) in [7, 11) is -2.42. The van der Waals surface area contributed by atoms with Crippen molar-refractivity contribution in [3.63, 3.8) is 0 Å². The summed E-state index contributed by atoms with van der Waals surface area (Å²) in [6.45, 7) is 2.10. The number of carbonyl (C=O) groups is 2. The Balaban J connectivity index is 1.38. The summed E-state index contributed by atoms with van der Waals surface area (Å²) in [5, 5.41) is 3.41. The molecule has 32 heavy (non-hydrogen) atoms. The maximum absolute atomic E-state index is 13.0. The molecule has 0 bridgehead atoms. The molecule has 8 nitrogen and oxygen atoms in total. The van der Waals surface area contributed by atoms with E-state index in [4.69, 9.17) is 11.6 Å². The summed E-state index contributed by atoms with van der Waals surface area (Å²) in [6.07, 6.45) is 0.816. The molecule has 1 saturated heterocycles. The van der Waals surface area contributed by atoms with Gasteiger partial charge in [0.05, 0.1) is 11.4 Å². The molecule has 1 N–H and O–H groups in total. The van der Waals surface area contributed by atoms with Crippen LogP contribution >= 0.6 is 11.6 Å². The van der Waals surface area contributed by atoms with E-state index >= 15 is 0 Å². The van der Waals surface area contributed by atoms with E-state index in [1.165, 1.54) is 13.1 Å². The molecular formula is C22H25ClN4O4S. The average molecular weight is 477 g/mol. The van der Waals surface area contributed by atoms with Crippen LogP contribution in [-0.4, -0.2) is 69.2 Å². The number of anilines is 2. The molecule has 1 fully saturated rings. The van der Waals surface area contributed by atoms with Gasteiger partial charge in [0.15, 0.2) is 0 Å². The van der Waals surface area contributed by atoms with Crippen molar-refractivity contribution in [2.75, 3.05) is 50.0 Å². The number of fused-ring (bicyclic) bond motifs is 1. The standard InChI is InChI=1S/C22H25ClN4O4S/c1-25(32(30,31)19-6-7-20-16(13-19)5-8-21(28)24-20)15-22(29)27-11-9-26(10-12-27)18-4-2-3-17(23)14-18/h2-4,6-7,13-14H,5,8-12,15H2,1H3,(H,24,28). The highest BCUT2D eigenvalue weighted by Gasteiger charge is 2.28. The summed E-state index contributed by atoms with van der Waals surface area (Å²) < 4.78 is 27.1. The Morgan fingerprint density at radius 2 is 1.84 bits per heavy atom. The minimum atomic E-state index is -3.83. The van der Waals surface area contributed by atoms with Crippen LogP contribution in [0.25, 0.3) is 0 Å². The highest BCUT2D eigenvalue weighted by molar-refractivity contribution is 7.89. The summed E-state index contributed by atoms with van der Waals surface area (Å²) in [5.74, 6) is -0.307. The maximum Gasteiger partial charge on any atom is 0.243 e. The fraction of sp³-hybridized carbons (Fsp3) is 0.364. The Morgan fingerprint density at radius 1 is 1.09 bits per heavy atom. The van der Waals surface area contributed by atoms with E-state index in [0.717, 1.165) is 15.6 Å². The number of likely N-dealkylation sites (N-methyl/N-ethyl adjacent to an activating group) is 1. The van der Waals surface area contributed by atoms with Crippen molar-refractivity contribution in [1.29, 1.82) is 0 Å². The minimum absolute atomic E-state index is 0.0775. The van der Waals surface area contributed by atoms with Crippen molar-refractivity contribution < 1.29 is 18.0 Å². The zero-order valence-electron chi connectivity index (χ0n) is 17.8. The number of benzene rings is 2. The third-order valence-electron chi connectivity index (χ3n) is 5.84. The molecule has 0 aromatic heterocycles. The quantitative estimate of drug-likeness (QED) is 0.714. The summed E-state index contributed by atoms with van der Waals surface area (Å²) in [5.41, 5.74) is 2.42. The topological polar surface area (TPSA) is 90.0 Å². The SMILES string of the molecule is CN(CC(=O)N1CCN(c2cccc(Cl)c2)CC1)S(=O)(=O)c1ccc2c(c1)CCC(=O)N2. The Labute approximate surface area is 192 Å². The maximum atomic E-state index is 13.0. The molecule has 2 heterocycles. The van der Waals surface area contributed by atoms with Crippen LogP contribution in [-0.2, 0) is 26.0 Å². The van der Waals surface area contributed by atoms with Crippen LogP contribution in [0.15, 0.2) is 47.4 Å². The van der Waals surface area contributed by atoms with Gasteiger partial charge in [0.2, 0.25) is 21.8 Å². The molecule has 0 atom stereocenters. The molecule has 2 aliphatic heterocycles. The highest BCUT2D eigenvalue weighted by Crippen LogP contribution is 2.27. The van der Waals surface area contributed by atoms with Gasteiger partial charge in [-0.05, 0) is 48.4 Å². The first kappa shape index (κ1) is 22.6. The number of rotatable bonds is 5. The zero-order chi connectivity index (χ0) is 22.9. The molecule has 10 heteroatoms. The molecular weight excluding hydrogens is 452 g/mol. The predicted molar refractivity (Wildman–Crippen MR) is 123 cm³/mol. The smallest absolute Gasteiger partial charge is 0.243 e. The first-order valence-corrected chi connectivity index (χ1v) is 12.2. The van der Waals surface area contributed by atoms with Gasteiger partial charge in [-0.1, -0.05) is 17.7 Å². The number of nitrogens with zero attached hydrogens (tertiary/aromatic N) is 3. The van der Waals surface area contributed by atoms with E-state index in [-0.39, 0.29) is 23.3 Å². The van der Waals surface area contributed by atoms with Gasteiger partial charge in [-0.25, -0.2) is 8.42 Å². The molecule has 2 aliphatic rings. The summed E-state index contributed by atoms with van der Waals surface area (Å²) in [6, 6.07) is 12.2. The Kier molecular flexibility index (Phi) is 6.41. The lowest BCUT2D eigenvalue weighted by Crippen LogP contribution is -2.51. The van der Waals surface area contributed by atoms with Crippen molar-refractivity contribution in [2.45, 2.75) is 17.7 Å². The molecule has 0 radical (unpaired) electrons. The first-order chi connectivity index (χ1) is 15.2. The number of nitrogens with one attached hydrogen (secondary N) is 1. The van der Waals surface area contributed by atoms with Crippen LogP contribution in [0.5, 0.6) is 0 Å². The van der Waals surface area contributed by atoms with E-state index in [2.05, 4.69) is 10.2 Å². The van der Waals surface area contributed by atoms with Crippen LogP contribution in [0.1, 0.15) is 12.0 Å². The molecule has 0 spiro atoms. The van der Waals surface area contributed by atoms with Crippen LogP contribution in [0.3, 0.4) is 0 Å². The number of aryl methyl sites for hydroxylation is 1. The van der Waals surface area contributed by atoms with Crippen molar-refractivity contribution in [3.8, 4) is 0 Å². The minimum Gasteiger partial charge on any atom is -0.368 e. The summed E-state index contributed by atoms with van der Waals surface area (Å²) in [4.78, 5) is 28.3. The highest BCUT2D eigenvalue weighted by atomic mass is 35.5. The third-order valence-corrected chi connectivity index (χ3v) is 7.88. The number of hydrogen-bond donors (Lipinski definition) is 1. The van der Waals surface area contributed by atoms with Gasteiger partial charge in [-0.2, -0.15) is 4.31 Å². The lowest BCUT2D eigenvalue weighted by molar-refractivity contribution is -0.131.